The summed E-state index contributed by atoms with van der Waals surface area (Å²) in [6.45, 7) is 3.32. The maximum absolute atomic E-state index is 12.2. The fourth-order valence-electron chi connectivity index (χ4n) is 2.57. The van der Waals surface area contributed by atoms with Crippen LogP contribution in [0, 0.1) is 0 Å². The van der Waals surface area contributed by atoms with Crippen LogP contribution in [0.15, 0.2) is 18.2 Å². The Labute approximate surface area is 112 Å². The molecule has 5 nitrogen and oxygen atoms in total. The number of nitrogens with one attached hydrogen (secondary N) is 2. The van der Waals surface area contributed by atoms with Crippen LogP contribution in [0.1, 0.15) is 30.1 Å². The Morgan fingerprint density at radius 1 is 1.37 bits per heavy atom. The van der Waals surface area contributed by atoms with Gasteiger partial charge in [-0.3, -0.25) is 4.79 Å². The van der Waals surface area contributed by atoms with Gasteiger partial charge in [-0.05, 0) is 44.5 Å². The number of rotatable bonds is 2. The van der Waals surface area contributed by atoms with Crippen molar-refractivity contribution in [3.8, 4) is 11.5 Å². The number of fused-ring (bicyclic) bond motifs is 1. The van der Waals surface area contributed by atoms with E-state index in [4.69, 9.17) is 9.47 Å². The molecule has 19 heavy (non-hydrogen) atoms. The summed E-state index contributed by atoms with van der Waals surface area (Å²) in [4.78, 5) is 12.2. The number of piperidine rings is 1. The van der Waals surface area contributed by atoms with Gasteiger partial charge in [0, 0.05) is 17.6 Å². The summed E-state index contributed by atoms with van der Waals surface area (Å²) < 4.78 is 10.5. The van der Waals surface area contributed by atoms with Gasteiger partial charge in [-0.2, -0.15) is 0 Å². The molecule has 0 radical (unpaired) electrons. The van der Waals surface area contributed by atoms with E-state index in [-0.39, 0.29) is 18.7 Å². The standard InChI is InChI=1S/C14H18N2O3/c1-9-6-11(4-5-15-9)16-14(17)10-2-3-12-13(7-10)19-8-18-12/h2-3,7,9,11,15H,4-6,8H2,1H3,(H,16,17). The molecule has 1 fully saturated rings. The van der Waals surface area contributed by atoms with Crippen molar-refractivity contribution in [2.24, 2.45) is 0 Å². The Bertz CT molecular complexity index is 490. The summed E-state index contributed by atoms with van der Waals surface area (Å²) in [5.74, 6) is 1.30. The Kier molecular flexibility index (Phi) is 3.29. The molecule has 0 spiro atoms. The van der Waals surface area contributed by atoms with Crippen molar-refractivity contribution in [3.63, 3.8) is 0 Å². The highest BCUT2D eigenvalue weighted by atomic mass is 16.7. The highest BCUT2D eigenvalue weighted by molar-refractivity contribution is 5.95. The largest absolute Gasteiger partial charge is 0.454 e. The summed E-state index contributed by atoms with van der Waals surface area (Å²) in [7, 11) is 0. The molecule has 0 bridgehead atoms. The minimum absolute atomic E-state index is 0.0441. The molecule has 5 heteroatoms. The fraction of sp³-hybridized carbons (Fsp3) is 0.500. The summed E-state index contributed by atoms with van der Waals surface area (Å²) >= 11 is 0. The lowest BCUT2D eigenvalue weighted by atomic mass is 10.0. The van der Waals surface area contributed by atoms with E-state index in [0.717, 1.165) is 19.4 Å². The van der Waals surface area contributed by atoms with Crippen LogP contribution in [0.3, 0.4) is 0 Å². The zero-order valence-corrected chi connectivity index (χ0v) is 10.9. The van der Waals surface area contributed by atoms with Crippen LogP contribution < -0.4 is 20.1 Å². The Morgan fingerprint density at radius 2 is 2.21 bits per heavy atom. The number of carbonyl (C=O) groups is 1. The van der Waals surface area contributed by atoms with Crippen LogP contribution in [0.25, 0.3) is 0 Å². The number of ether oxygens (including phenoxy) is 2. The average Bonchev–Trinajstić information content (AvgIpc) is 2.85. The van der Waals surface area contributed by atoms with Gasteiger partial charge in [-0.1, -0.05) is 0 Å². The van der Waals surface area contributed by atoms with Crippen molar-refractivity contribution >= 4 is 5.91 Å². The van der Waals surface area contributed by atoms with Gasteiger partial charge in [-0.25, -0.2) is 0 Å². The third kappa shape index (κ3) is 2.66. The van der Waals surface area contributed by atoms with E-state index in [0.29, 0.717) is 23.1 Å². The normalized spacial score (nSPS) is 25.1. The Hall–Kier alpha value is -1.75. The first-order valence-corrected chi connectivity index (χ1v) is 6.66. The lowest BCUT2D eigenvalue weighted by molar-refractivity contribution is 0.0925. The molecule has 2 aliphatic rings. The van der Waals surface area contributed by atoms with Gasteiger partial charge in [-0.15, -0.1) is 0 Å². The van der Waals surface area contributed by atoms with Gasteiger partial charge in [0.1, 0.15) is 0 Å². The van der Waals surface area contributed by atoms with Crippen molar-refractivity contribution in [1.82, 2.24) is 10.6 Å². The van der Waals surface area contributed by atoms with Crippen molar-refractivity contribution in [2.45, 2.75) is 31.8 Å². The molecule has 2 atom stereocenters. The van der Waals surface area contributed by atoms with Crippen LogP contribution in [0.5, 0.6) is 11.5 Å². The van der Waals surface area contributed by atoms with Gasteiger partial charge in [0.05, 0.1) is 0 Å². The lowest BCUT2D eigenvalue weighted by Gasteiger charge is -2.28. The van der Waals surface area contributed by atoms with E-state index in [1.807, 2.05) is 0 Å². The second-order valence-corrected chi connectivity index (χ2v) is 5.12. The minimum Gasteiger partial charge on any atom is -0.454 e. The van der Waals surface area contributed by atoms with Gasteiger partial charge >= 0.3 is 0 Å². The first kappa shape index (κ1) is 12.3. The topological polar surface area (TPSA) is 59.6 Å². The van der Waals surface area contributed by atoms with Gasteiger partial charge in [0.15, 0.2) is 11.5 Å². The van der Waals surface area contributed by atoms with Crippen LogP contribution in [-0.4, -0.2) is 31.3 Å². The van der Waals surface area contributed by atoms with Crippen molar-refractivity contribution in [1.29, 1.82) is 0 Å². The number of benzene rings is 1. The monoisotopic (exact) mass is 262 g/mol. The van der Waals surface area contributed by atoms with Crippen LogP contribution in [0.4, 0.5) is 0 Å². The molecule has 102 valence electrons. The molecule has 1 saturated heterocycles. The third-order valence-corrected chi connectivity index (χ3v) is 3.59. The summed E-state index contributed by atoms with van der Waals surface area (Å²) in [6, 6.07) is 5.99. The smallest absolute Gasteiger partial charge is 0.251 e. The van der Waals surface area contributed by atoms with Crippen molar-refractivity contribution in [3.05, 3.63) is 23.8 Å². The highest BCUT2D eigenvalue weighted by Crippen LogP contribution is 2.32. The molecule has 0 aromatic heterocycles. The van der Waals surface area contributed by atoms with Crippen LogP contribution in [0.2, 0.25) is 0 Å². The quantitative estimate of drug-likeness (QED) is 0.843. The molecule has 2 N–H and O–H groups in total. The number of hydrogen-bond acceptors (Lipinski definition) is 4. The first-order valence-electron chi connectivity index (χ1n) is 6.66. The SMILES string of the molecule is CC1CC(NC(=O)c2ccc3c(c2)OCO3)CCN1. The second kappa shape index (κ2) is 5.09. The number of carbonyl (C=O) groups excluding carboxylic acids is 1. The van der Waals surface area contributed by atoms with Gasteiger partial charge in [0.2, 0.25) is 6.79 Å². The van der Waals surface area contributed by atoms with Crippen molar-refractivity contribution < 1.29 is 14.3 Å². The molecule has 2 aliphatic heterocycles. The van der Waals surface area contributed by atoms with Gasteiger partial charge in [0.25, 0.3) is 5.91 Å². The van der Waals surface area contributed by atoms with E-state index in [9.17, 15) is 4.79 Å². The summed E-state index contributed by atoms with van der Waals surface area (Å²) in [5, 5.41) is 6.45. The van der Waals surface area contributed by atoms with Crippen molar-refractivity contribution in [2.75, 3.05) is 13.3 Å². The molecule has 2 unspecified atom stereocenters. The summed E-state index contributed by atoms with van der Waals surface area (Å²) in [5.41, 5.74) is 0.621. The predicted molar refractivity (Wildman–Crippen MR) is 70.5 cm³/mol. The maximum Gasteiger partial charge on any atom is 0.251 e. The number of hydrogen-bond donors (Lipinski definition) is 2. The Morgan fingerprint density at radius 3 is 3.05 bits per heavy atom. The summed E-state index contributed by atoms with van der Waals surface area (Å²) in [6.07, 6.45) is 1.94. The molecule has 2 heterocycles. The van der Waals surface area contributed by atoms with E-state index in [2.05, 4.69) is 17.6 Å². The minimum atomic E-state index is -0.0441. The maximum atomic E-state index is 12.2. The number of amides is 1. The van der Waals surface area contributed by atoms with Crippen LogP contribution >= 0.6 is 0 Å². The second-order valence-electron chi connectivity index (χ2n) is 5.12. The zero-order valence-electron chi connectivity index (χ0n) is 10.9. The fourth-order valence-corrected chi connectivity index (χ4v) is 2.57. The van der Waals surface area contributed by atoms with E-state index < -0.39 is 0 Å². The molecule has 3 rings (SSSR count). The molecular formula is C14H18N2O3. The zero-order chi connectivity index (χ0) is 13.2. The lowest BCUT2D eigenvalue weighted by Crippen LogP contribution is -2.46. The third-order valence-electron chi connectivity index (χ3n) is 3.59. The molecular weight excluding hydrogens is 244 g/mol. The Balaban J connectivity index is 1.67. The van der Waals surface area contributed by atoms with Crippen LogP contribution in [-0.2, 0) is 0 Å². The molecule has 1 aromatic rings. The predicted octanol–water partition coefficient (Wildman–Crippen LogP) is 1.29. The molecule has 0 saturated carbocycles. The van der Waals surface area contributed by atoms with Gasteiger partial charge < -0.3 is 20.1 Å². The average molecular weight is 262 g/mol. The molecule has 1 amide bonds. The van der Waals surface area contributed by atoms with E-state index in [1.54, 1.807) is 18.2 Å². The highest BCUT2D eigenvalue weighted by Gasteiger charge is 2.22. The molecule has 0 aliphatic carbocycles. The first-order chi connectivity index (χ1) is 9.22. The van der Waals surface area contributed by atoms with E-state index >= 15 is 0 Å². The van der Waals surface area contributed by atoms with E-state index in [1.165, 1.54) is 0 Å². The molecule has 1 aromatic carbocycles.